The highest BCUT2D eigenvalue weighted by Crippen LogP contribution is 2.21. The Kier molecular flexibility index (Phi) is 6.40. The molecule has 0 aromatic heterocycles. The summed E-state index contributed by atoms with van der Waals surface area (Å²) in [5.41, 5.74) is 0.190. The molecule has 0 bridgehead atoms. The third-order valence-corrected chi connectivity index (χ3v) is 3.76. The van der Waals surface area contributed by atoms with E-state index >= 15 is 0 Å². The van der Waals surface area contributed by atoms with Gasteiger partial charge in [-0.3, -0.25) is 9.59 Å². The molecule has 2 aromatic rings. The zero-order chi connectivity index (χ0) is 18.4. The Morgan fingerprint density at radius 3 is 2.32 bits per heavy atom. The summed E-state index contributed by atoms with van der Waals surface area (Å²) in [6.45, 7) is -0.537. The summed E-state index contributed by atoms with van der Waals surface area (Å²) in [5.74, 6) is -5.80. The molecule has 0 aliphatic heterocycles. The molecule has 0 saturated heterocycles. The maximum Gasteiger partial charge on any atom is 0.243 e. The van der Waals surface area contributed by atoms with Gasteiger partial charge in [-0.2, -0.15) is 0 Å². The molecule has 2 aromatic carbocycles. The Morgan fingerprint density at radius 2 is 1.60 bits per heavy atom. The molecule has 25 heavy (non-hydrogen) atoms. The molecule has 0 spiro atoms. The van der Waals surface area contributed by atoms with E-state index in [9.17, 15) is 22.8 Å². The molecule has 0 aliphatic carbocycles. The molecule has 0 saturated carbocycles. The van der Waals surface area contributed by atoms with E-state index in [4.69, 9.17) is 0 Å². The van der Waals surface area contributed by atoms with Gasteiger partial charge in [0.2, 0.25) is 11.8 Å². The summed E-state index contributed by atoms with van der Waals surface area (Å²) in [6, 6.07) is 8.74. The Morgan fingerprint density at radius 1 is 0.880 bits per heavy atom. The molecule has 0 radical (unpaired) electrons. The Balaban J connectivity index is 1.81. The SMILES string of the molecule is O=C(CNc1ccccc1Br)NCC(=O)Nc1ccc(F)c(F)c1F. The van der Waals surface area contributed by atoms with Crippen molar-refractivity contribution in [2.24, 2.45) is 0 Å². The number of hydrogen-bond donors (Lipinski definition) is 3. The van der Waals surface area contributed by atoms with Crippen LogP contribution in [-0.2, 0) is 9.59 Å². The van der Waals surface area contributed by atoms with E-state index in [0.29, 0.717) is 11.8 Å². The van der Waals surface area contributed by atoms with Gasteiger partial charge in [0.1, 0.15) is 0 Å². The van der Waals surface area contributed by atoms with Crippen LogP contribution >= 0.6 is 15.9 Å². The van der Waals surface area contributed by atoms with Crippen molar-refractivity contribution in [3.8, 4) is 0 Å². The van der Waals surface area contributed by atoms with Crippen molar-refractivity contribution in [1.82, 2.24) is 5.32 Å². The summed E-state index contributed by atoms with van der Waals surface area (Å²) < 4.78 is 40.1. The number of nitrogens with one attached hydrogen (secondary N) is 3. The van der Waals surface area contributed by atoms with Gasteiger partial charge in [0.25, 0.3) is 0 Å². The molecule has 132 valence electrons. The lowest BCUT2D eigenvalue weighted by atomic mass is 10.2. The van der Waals surface area contributed by atoms with Crippen molar-refractivity contribution < 1.29 is 22.8 Å². The van der Waals surface area contributed by atoms with E-state index in [2.05, 4.69) is 31.9 Å². The molecular weight excluding hydrogens is 403 g/mol. The highest BCUT2D eigenvalue weighted by molar-refractivity contribution is 9.10. The smallest absolute Gasteiger partial charge is 0.243 e. The number of carbonyl (C=O) groups excluding carboxylic acids is 2. The fourth-order valence-corrected chi connectivity index (χ4v) is 2.26. The van der Waals surface area contributed by atoms with E-state index < -0.39 is 41.5 Å². The van der Waals surface area contributed by atoms with Gasteiger partial charge in [-0.05, 0) is 40.2 Å². The van der Waals surface area contributed by atoms with Crippen LogP contribution in [-0.4, -0.2) is 24.9 Å². The predicted molar refractivity (Wildman–Crippen MR) is 90.6 cm³/mol. The maximum atomic E-state index is 13.4. The molecule has 0 aliphatic rings. The van der Waals surface area contributed by atoms with Gasteiger partial charge < -0.3 is 16.0 Å². The number of benzene rings is 2. The molecule has 3 N–H and O–H groups in total. The minimum absolute atomic E-state index is 0.0879. The van der Waals surface area contributed by atoms with Gasteiger partial charge in [-0.1, -0.05) is 12.1 Å². The van der Waals surface area contributed by atoms with Crippen molar-refractivity contribution in [2.45, 2.75) is 0 Å². The minimum atomic E-state index is -1.68. The molecular formula is C16H13BrF3N3O2. The molecule has 9 heteroatoms. The molecule has 0 unspecified atom stereocenters. The van der Waals surface area contributed by atoms with Crippen LogP contribution in [0.2, 0.25) is 0 Å². The molecule has 0 heterocycles. The molecule has 0 fully saturated rings. The van der Waals surface area contributed by atoms with Crippen molar-refractivity contribution >= 4 is 39.1 Å². The number of anilines is 2. The molecule has 2 rings (SSSR count). The maximum absolute atomic E-state index is 13.4. The Hall–Kier alpha value is -2.55. The van der Waals surface area contributed by atoms with Crippen LogP contribution in [0.5, 0.6) is 0 Å². The lowest BCUT2D eigenvalue weighted by Crippen LogP contribution is -2.36. The lowest BCUT2D eigenvalue weighted by molar-refractivity contribution is -0.122. The highest BCUT2D eigenvalue weighted by atomic mass is 79.9. The van der Waals surface area contributed by atoms with Crippen LogP contribution in [0.1, 0.15) is 0 Å². The largest absolute Gasteiger partial charge is 0.375 e. The van der Waals surface area contributed by atoms with Crippen LogP contribution < -0.4 is 16.0 Å². The topological polar surface area (TPSA) is 70.2 Å². The van der Waals surface area contributed by atoms with Crippen LogP contribution in [0.4, 0.5) is 24.5 Å². The zero-order valence-electron chi connectivity index (χ0n) is 12.7. The van der Waals surface area contributed by atoms with Crippen LogP contribution in [0.3, 0.4) is 0 Å². The van der Waals surface area contributed by atoms with Crippen LogP contribution in [0, 0.1) is 17.5 Å². The van der Waals surface area contributed by atoms with Gasteiger partial charge in [-0.15, -0.1) is 0 Å². The lowest BCUT2D eigenvalue weighted by Gasteiger charge is -2.10. The third-order valence-electron chi connectivity index (χ3n) is 3.07. The summed E-state index contributed by atoms with van der Waals surface area (Å²) in [7, 11) is 0. The monoisotopic (exact) mass is 415 g/mol. The zero-order valence-corrected chi connectivity index (χ0v) is 14.3. The van der Waals surface area contributed by atoms with Crippen molar-refractivity contribution in [1.29, 1.82) is 0 Å². The number of hydrogen-bond acceptors (Lipinski definition) is 3. The summed E-state index contributed by atoms with van der Waals surface area (Å²) in [4.78, 5) is 23.4. The Bertz CT molecular complexity index is 802. The molecule has 2 amide bonds. The average molecular weight is 416 g/mol. The van der Waals surface area contributed by atoms with Crippen molar-refractivity contribution in [2.75, 3.05) is 23.7 Å². The first-order valence-electron chi connectivity index (χ1n) is 7.07. The fourth-order valence-electron chi connectivity index (χ4n) is 1.84. The van der Waals surface area contributed by atoms with Crippen molar-refractivity contribution in [3.05, 3.63) is 58.3 Å². The summed E-state index contributed by atoms with van der Waals surface area (Å²) in [6.07, 6.45) is 0. The summed E-state index contributed by atoms with van der Waals surface area (Å²) >= 11 is 3.31. The normalized spacial score (nSPS) is 10.2. The van der Waals surface area contributed by atoms with Gasteiger partial charge in [-0.25, -0.2) is 13.2 Å². The van der Waals surface area contributed by atoms with Gasteiger partial charge >= 0.3 is 0 Å². The standard InChI is InChI=1S/C16H13BrF3N3O2/c17-9-3-1-2-4-11(9)21-7-13(24)22-8-14(25)23-12-6-5-10(18)15(19)16(12)20/h1-6,21H,7-8H2,(H,22,24)(H,23,25). The first-order chi connectivity index (χ1) is 11.9. The third kappa shape index (κ3) is 5.21. The second-order valence-corrected chi connectivity index (χ2v) is 5.74. The van der Waals surface area contributed by atoms with Gasteiger partial charge in [0.05, 0.1) is 18.8 Å². The number of para-hydroxylation sites is 1. The first-order valence-corrected chi connectivity index (χ1v) is 7.86. The number of amides is 2. The predicted octanol–water partition coefficient (Wildman–Crippen LogP) is 3.03. The number of halogens is 4. The van der Waals surface area contributed by atoms with E-state index in [1.54, 1.807) is 18.2 Å². The quantitative estimate of drug-likeness (QED) is 0.635. The van der Waals surface area contributed by atoms with Crippen molar-refractivity contribution in [3.63, 3.8) is 0 Å². The van der Waals surface area contributed by atoms with Gasteiger partial charge in [0.15, 0.2) is 17.5 Å². The summed E-state index contributed by atoms with van der Waals surface area (Å²) in [5, 5.41) is 7.24. The first kappa shape index (κ1) is 18.8. The van der Waals surface area contributed by atoms with Gasteiger partial charge in [0, 0.05) is 10.2 Å². The van der Waals surface area contributed by atoms with Crippen LogP contribution in [0.25, 0.3) is 0 Å². The second-order valence-electron chi connectivity index (χ2n) is 4.88. The average Bonchev–Trinajstić information content (AvgIpc) is 2.60. The van der Waals surface area contributed by atoms with E-state index in [0.717, 1.165) is 10.5 Å². The highest BCUT2D eigenvalue weighted by Gasteiger charge is 2.15. The number of rotatable bonds is 6. The molecule has 5 nitrogen and oxygen atoms in total. The van der Waals surface area contributed by atoms with Crippen LogP contribution in [0.15, 0.2) is 40.9 Å². The van der Waals surface area contributed by atoms with E-state index in [1.807, 2.05) is 6.07 Å². The minimum Gasteiger partial charge on any atom is -0.375 e. The second kappa shape index (κ2) is 8.52. The Labute approximate surface area is 149 Å². The van der Waals surface area contributed by atoms with E-state index in [1.165, 1.54) is 0 Å². The fraction of sp³-hybridized carbons (Fsp3) is 0.125. The number of carbonyl (C=O) groups is 2. The van der Waals surface area contributed by atoms with E-state index in [-0.39, 0.29) is 6.54 Å². The molecule has 0 atom stereocenters.